The number of rotatable bonds is 3. The van der Waals surface area contributed by atoms with E-state index in [2.05, 4.69) is 10.2 Å². The molecule has 2 aromatic rings. The van der Waals surface area contributed by atoms with Crippen LogP contribution in [-0.2, 0) is 0 Å². The molecule has 2 heterocycles. The summed E-state index contributed by atoms with van der Waals surface area (Å²) in [7, 11) is 0. The van der Waals surface area contributed by atoms with Crippen molar-refractivity contribution < 1.29 is 18.3 Å². The van der Waals surface area contributed by atoms with Gasteiger partial charge in [0.25, 0.3) is 5.91 Å². The van der Waals surface area contributed by atoms with Crippen molar-refractivity contribution in [3.8, 4) is 5.88 Å². The van der Waals surface area contributed by atoms with Crippen molar-refractivity contribution in [2.75, 3.05) is 13.1 Å². The highest BCUT2D eigenvalue weighted by atomic mass is 19.1. The third kappa shape index (κ3) is 3.50. The first-order chi connectivity index (χ1) is 11.5. The Morgan fingerprint density at radius 3 is 2.62 bits per heavy atom. The summed E-state index contributed by atoms with van der Waals surface area (Å²) in [4.78, 5) is 13.9. The molecule has 1 aliphatic heterocycles. The van der Waals surface area contributed by atoms with Crippen LogP contribution in [0.25, 0.3) is 0 Å². The molecular formula is C17H17F2N3O2. The summed E-state index contributed by atoms with van der Waals surface area (Å²) >= 11 is 0. The molecule has 24 heavy (non-hydrogen) atoms. The Morgan fingerprint density at radius 1 is 1.21 bits per heavy atom. The Balaban J connectivity index is 1.71. The molecule has 5 nitrogen and oxygen atoms in total. The van der Waals surface area contributed by atoms with Crippen LogP contribution in [0.3, 0.4) is 0 Å². The zero-order chi connectivity index (χ0) is 17.1. The summed E-state index contributed by atoms with van der Waals surface area (Å²) in [5.74, 6) is -1.99. The third-order valence-electron chi connectivity index (χ3n) is 3.90. The number of carbonyl (C=O) groups excluding carboxylic acids is 1. The van der Waals surface area contributed by atoms with Crippen LogP contribution >= 0.6 is 0 Å². The molecule has 126 valence electrons. The molecule has 0 bridgehead atoms. The molecule has 1 amide bonds. The largest absolute Gasteiger partial charge is 0.471 e. The van der Waals surface area contributed by atoms with Crippen LogP contribution in [0.15, 0.2) is 30.3 Å². The lowest BCUT2D eigenvalue weighted by atomic mass is 10.1. The summed E-state index contributed by atoms with van der Waals surface area (Å²) in [5.41, 5.74) is 0.256. The molecule has 1 saturated heterocycles. The number of benzene rings is 1. The molecule has 0 radical (unpaired) electrons. The van der Waals surface area contributed by atoms with E-state index in [1.54, 1.807) is 12.1 Å². The van der Waals surface area contributed by atoms with E-state index < -0.39 is 23.1 Å². The van der Waals surface area contributed by atoms with E-state index in [1.165, 1.54) is 11.0 Å². The average Bonchev–Trinajstić information content (AvgIpc) is 2.57. The Kier molecular flexibility index (Phi) is 4.69. The van der Waals surface area contributed by atoms with E-state index in [9.17, 15) is 13.6 Å². The number of ether oxygens (including phenoxy) is 1. The van der Waals surface area contributed by atoms with E-state index in [0.717, 1.165) is 24.2 Å². The molecule has 3 rings (SSSR count). The van der Waals surface area contributed by atoms with Crippen molar-refractivity contribution >= 4 is 5.91 Å². The van der Waals surface area contributed by atoms with Crippen molar-refractivity contribution in [1.29, 1.82) is 0 Å². The van der Waals surface area contributed by atoms with Crippen LogP contribution in [0.2, 0.25) is 0 Å². The number of carbonyl (C=O) groups is 1. The molecule has 1 aliphatic rings. The van der Waals surface area contributed by atoms with E-state index in [-0.39, 0.29) is 12.6 Å². The second-order valence-electron chi connectivity index (χ2n) is 5.74. The fourth-order valence-corrected chi connectivity index (χ4v) is 2.70. The van der Waals surface area contributed by atoms with Crippen LogP contribution < -0.4 is 4.74 Å². The summed E-state index contributed by atoms with van der Waals surface area (Å²) in [6, 6.07) is 6.88. The maximum absolute atomic E-state index is 13.8. The van der Waals surface area contributed by atoms with Gasteiger partial charge < -0.3 is 9.64 Å². The Bertz CT molecular complexity index is 717. The molecular weight excluding hydrogens is 316 g/mol. The number of amides is 1. The lowest BCUT2D eigenvalue weighted by Crippen LogP contribution is -2.45. The first kappa shape index (κ1) is 16.3. The first-order valence-electron chi connectivity index (χ1n) is 7.75. The quantitative estimate of drug-likeness (QED) is 0.867. The minimum absolute atomic E-state index is 0.252. The minimum atomic E-state index is -0.854. The molecule has 0 N–H and O–H groups in total. The number of piperidine rings is 1. The highest BCUT2D eigenvalue weighted by molar-refractivity contribution is 5.94. The number of halogens is 2. The van der Waals surface area contributed by atoms with E-state index in [1.807, 2.05) is 6.92 Å². The molecule has 1 unspecified atom stereocenters. The average molecular weight is 333 g/mol. The molecule has 7 heteroatoms. The van der Waals surface area contributed by atoms with Gasteiger partial charge in [-0.25, -0.2) is 8.78 Å². The molecule has 1 fully saturated rings. The normalized spacial score (nSPS) is 17.6. The number of hydrogen-bond donors (Lipinski definition) is 0. The smallest absolute Gasteiger partial charge is 0.259 e. The second kappa shape index (κ2) is 6.90. The van der Waals surface area contributed by atoms with Crippen molar-refractivity contribution in [3.05, 3.63) is 53.2 Å². The molecule has 0 spiro atoms. The van der Waals surface area contributed by atoms with Gasteiger partial charge in [0, 0.05) is 12.6 Å². The summed E-state index contributed by atoms with van der Waals surface area (Å²) < 4.78 is 33.3. The topological polar surface area (TPSA) is 55.3 Å². The number of aromatic nitrogens is 2. The number of aryl methyl sites for hydroxylation is 1. The fourth-order valence-electron chi connectivity index (χ4n) is 2.70. The highest BCUT2D eigenvalue weighted by Gasteiger charge is 2.29. The van der Waals surface area contributed by atoms with Crippen molar-refractivity contribution in [1.82, 2.24) is 15.1 Å². The van der Waals surface area contributed by atoms with Gasteiger partial charge in [0.15, 0.2) is 0 Å². The predicted molar refractivity (Wildman–Crippen MR) is 82.7 cm³/mol. The van der Waals surface area contributed by atoms with Gasteiger partial charge in [-0.15, -0.1) is 5.10 Å². The number of likely N-dealkylation sites (tertiary alicyclic amines) is 1. The third-order valence-corrected chi connectivity index (χ3v) is 3.90. The van der Waals surface area contributed by atoms with E-state index in [0.29, 0.717) is 18.8 Å². The maximum atomic E-state index is 13.8. The zero-order valence-electron chi connectivity index (χ0n) is 13.2. The van der Waals surface area contributed by atoms with E-state index in [4.69, 9.17) is 4.74 Å². The van der Waals surface area contributed by atoms with Gasteiger partial charge in [-0.05, 0) is 38.0 Å². The van der Waals surface area contributed by atoms with Crippen LogP contribution in [0.4, 0.5) is 8.78 Å². The summed E-state index contributed by atoms with van der Waals surface area (Å²) in [5, 5.41) is 7.85. The molecule has 1 aromatic carbocycles. The van der Waals surface area contributed by atoms with Crippen molar-refractivity contribution in [3.63, 3.8) is 0 Å². The van der Waals surface area contributed by atoms with Gasteiger partial charge in [-0.2, -0.15) is 5.10 Å². The van der Waals surface area contributed by atoms with Gasteiger partial charge in [-0.3, -0.25) is 4.79 Å². The highest BCUT2D eigenvalue weighted by Crippen LogP contribution is 2.20. The monoisotopic (exact) mass is 333 g/mol. The predicted octanol–water partition coefficient (Wildman–Crippen LogP) is 2.75. The van der Waals surface area contributed by atoms with Gasteiger partial charge in [-0.1, -0.05) is 6.07 Å². The van der Waals surface area contributed by atoms with E-state index >= 15 is 0 Å². The lowest BCUT2D eigenvalue weighted by molar-refractivity contribution is 0.0517. The van der Waals surface area contributed by atoms with Crippen molar-refractivity contribution in [2.24, 2.45) is 0 Å². The fraction of sp³-hybridized carbons (Fsp3) is 0.353. The number of hydrogen-bond acceptors (Lipinski definition) is 4. The van der Waals surface area contributed by atoms with Gasteiger partial charge in [0.1, 0.15) is 23.3 Å². The Morgan fingerprint density at radius 2 is 1.96 bits per heavy atom. The first-order valence-corrected chi connectivity index (χ1v) is 7.75. The summed E-state index contributed by atoms with van der Waals surface area (Å²) in [6.07, 6.45) is 1.14. The van der Waals surface area contributed by atoms with Crippen LogP contribution in [0.1, 0.15) is 28.9 Å². The van der Waals surface area contributed by atoms with Crippen molar-refractivity contribution in [2.45, 2.75) is 25.9 Å². The molecule has 1 atom stereocenters. The lowest BCUT2D eigenvalue weighted by Gasteiger charge is -2.32. The van der Waals surface area contributed by atoms with Gasteiger partial charge in [0.05, 0.1) is 12.2 Å². The zero-order valence-corrected chi connectivity index (χ0v) is 13.2. The summed E-state index contributed by atoms with van der Waals surface area (Å²) in [6.45, 7) is 2.51. The minimum Gasteiger partial charge on any atom is -0.471 e. The standard InChI is InChI=1S/C17H17F2N3O2/c1-11-7-8-15(21-20-11)24-12-4-3-9-22(10-12)17(23)16-13(18)5-2-6-14(16)19/h2,5-8,12H,3-4,9-10H2,1H3. The van der Waals surface area contributed by atoms with Gasteiger partial charge in [0.2, 0.25) is 5.88 Å². The maximum Gasteiger partial charge on any atom is 0.259 e. The number of nitrogens with zero attached hydrogens (tertiary/aromatic N) is 3. The second-order valence-corrected chi connectivity index (χ2v) is 5.74. The Hall–Kier alpha value is -2.57. The van der Waals surface area contributed by atoms with Crippen LogP contribution in [-0.4, -0.2) is 40.2 Å². The van der Waals surface area contributed by atoms with Crippen LogP contribution in [0.5, 0.6) is 5.88 Å². The molecule has 0 saturated carbocycles. The Labute approximate surface area is 138 Å². The SMILES string of the molecule is Cc1ccc(OC2CCCN(C(=O)c3c(F)cccc3F)C2)nn1. The van der Waals surface area contributed by atoms with Gasteiger partial charge >= 0.3 is 0 Å². The molecule has 0 aliphatic carbocycles. The molecule has 1 aromatic heterocycles. The van der Waals surface area contributed by atoms with Crippen LogP contribution in [0, 0.1) is 18.6 Å².